The molecule has 1 aliphatic rings. The van der Waals surface area contributed by atoms with E-state index in [1.54, 1.807) is 0 Å². The number of carbonyl (C=O) groups excluding carboxylic acids is 1. The quantitative estimate of drug-likeness (QED) is 0.763. The van der Waals surface area contributed by atoms with Gasteiger partial charge in [0.2, 0.25) is 0 Å². The van der Waals surface area contributed by atoms with Crippen LogP contribution in [0.1, 0.15) is 23.2 Å². The zero-order valence-electron chi connectivity index (χ0n) is 9.12. The van der Waals surface area contributed by atoms with Crippen molar-refractivity contribution < 1.29 is 23.0 Å². The van der Waals surface area contributed by atoms with E-state index in [1.165, 1.54) is 6.07 Å². The van der Waals surface area contributed by atoms with Gasteiger partial charge < -0.3 is 9.47 Å². The Morgan fingerprint density at radius 1 is 1.41 bits per heavy atom. The average Bonchev–Trinajstić information content (AvgIpc) is 2.82. The number of hydrogen-bond donors (Lipinski definition) is 0. The average molecular weight is 242 g/mol. The number of halogens is 2. The number of esters is 1. The van der Waals surface area contributed by atoms with Crippen LogP contribution in [0.5, 0.6) is 0 Å². The molecule has 1 unspecified atom stereocenters. The standard InChI is InChI=1S/C12H12F2O3/c13-10-4-3-8(6-11(10)14)12(15)17-7-9-2-1-5-16-9/h3-4,6,9H,1-2,5,7H2. The number of ether oxygens (including phenoxy) is 2. The maximum Gasteiger partial charge on any atom is 0.338 e. The SMILES string of the molecule is O=C(OCC1CCCO1)c1ccc(F)c(F)c1. The molecule has 0 aliphatic carbocycles. The van der Waals surface area contributed by atoms with E-state index in [2.05, 4.69) is 0 Å². The molecule has 92 valence electrons. The molecule has 1 aromatic rings. The molecule has 17 heavy (non-hydrogen) atoms. The largest absolute Gasteiger partial charge is 0.459 e. The van der Waals surface area contributed by atoms with Crippen LogP contribution < -0.4 is 0 Å². The van der Waals surface area contributed by atoms with E-state index in [1.807, 2.05) is 0 Å². The van der Waals surface area contributed by atoms with Gasteiger partial charge in [-0.2, -0.15) is 0 Å². The summed E-state index contributed by atoms with van der Waals surface area (Å²) in [5.41, 5.74) is 0.00176. The van der Waals surface area contributed by atoms with Crippen molar-refractivity contribution in [2.45, 2.75) is 18.9 Å². The van der Waals surface area contributed by atoms with Crippen LogP contribution in [0.15, 0.2) is 18.2 Å². The highest BCUT2D eigenvalue weighted by atomic mass is 19.2. The minimum atomic E-state index is -1.06. The van der Waals surface area contributed by atoms with E-state index >= 15 is 0 Å². The summed E-state index contributed by atoms with van der Waals surface area (Å²) in [5.74, 6) is -2.71. The zero-order valence-corrected chi connectivity index (χ0v) is 9.12. The van der Waals surface area contributed by atoms with E-state index in [0.29, 0.717) is 6.61 Å². The molecule has 1 aromatic carbocycles. The van der Waals surface area contributed by atoms with Crippen LogP contribution in [0.4, 0.5) is 8.78 Å². The summed E-state index contributed by atoms with van der Waals surface area (Å²) in [7, 11) is 0. The maximum absolute atomic E-state index is 12.9. The Morgan fingerprint density at radius 2 is 2.24 bits per heavy atom. The van der Waals surface area contributed by atoms with E-state index < -0.39 is 17.6 Å². The Morgan fingerprint density at radius 3 is 2.88 bits per heavy atom. The van der Waals surface area contributed by atoms with Gasteiger partial charge in [0.05, 0.1) is 11.7 Å². The molecule has 0 aromatic heterocycles. The van der Waals surface area contributed by atoms with Gasteiger partial charge in [0.15, 0.2) is 11.6 Å². The van der Waals surface area contributed by atoms with Crippen molar-refractivity contribution in [3.8, 4) is 0 Å². The highest BCUT2D eigenvalue weighted by Gasteiger charge is 2.18. The summed E-state index contributed by atoms with van der Waals surface area (Å²) in [6.07, 6.45) is 1.72. The molecule has 0 amide bonds. The van der Waals surface area contributed by atoms with Crippen molar-refractivity contribution in [2.75, 3.05) is 13.2 Å². The minimum Gasteiger partial charge on any atom is -0.459 e. The van der Waals surface area contributed by atoms with Crippen molar-refractivity contribution in [1.82, 2.24) is 0 Å². The lowest BCUT2D eigenvalue weighted by atomic mass is 10.2. The second-order valence-corrected chi connectivity index (χ2v) is 3.86. The second kappa shape index (κ2) is 5.23. The van der Waals surface area contributed by atoms with E-state index in [9.17, 15) is 13.6 Å². The number of carbonyl (C=O) groups is 1. The van der Waals surface area contributed by atoms with Crippen LogP contribution in [-0.4, -0.2) is 25.3 Å². The van der Waals surface area contributed by atoms with Gasteiger partial charge in [0.1, 0.15) is 6.61 Å². The van der Waals surface area contributed by atoms with Gasteiger partial charge in [-0.25, -0.2) is 13.6 Å². The molecule has 3 nitrogen and oxygen atoms in total. The summed E-state index contributed by atoms with van der Waals surface area (Å²) >= 11 is 0. The monoisotopic (exact) mass is 242 g/mol. The molecular formula is C12H12F2O3. The molecule has 1 saturated heterocycles. The molecule has 0 N–H and O–H groups in total. The molecule has 1 fully saturated rings. The molecule has 0 radical (unpaired) electrons. The molecule has 0 spiro atoms. The van der Waals surface area contributed by atoms with Crippen molar-refractivity contribution >= 4 is 5.97 Å². The maximum atomic E-state index is 12.9. The minimum absolute atomic E-state index is 0.00176. The Hall–Kier alpha value is -1.49. The molecule has 0 bridgehead atoms. The first-order valence-electron chi connectivity index (χ1n) is 5.40. The van der Waals surface area contributed by atoms with Crippen LogP contribution in [0.25, 0.3) is 0 Å². The third kappa shape index (κ3) is 3.00. The lowest BCUT2D eigenvalue weighted by Crippen LogP contribution is -2.18. The fourth-order valence-corrected chi connectivity index (χ4v) is 1.65. The van der Waals surface area contributed by atoms with Crippen molar-refractivity contribution in [3.63, 3.8) is 0 Å². The summed E-state index contributed by atoms with van der Waals surface area (Å²) in [6, 6.07) is 2.92. The van der Waals surface area contributed by atoms with Gasteiger partial charge in [-0.05, 0) is 31.0 Å². The third-order valence-corrected chi connectivity index (χ3v) is 2.58. The van der Waals surface area contributed by atoms with Crippen LogP contribution in [0.2, 0.25) is 0 Å². The highest BCUT2D eigenvalue weighted by molar-refractivity contribution is 5.89. The Bertz CT molecular complexity index is 414. The van der Waals surface area contributed by atoms with Gasteiger partial charge in [-0.1, -0.05) is 0 Å². The van der Waals surface area contributed by atoms with E-state index in [0.717, 1.165) is 25.0 Å². The van der Waals surface area contributed by atoms with Crippen molar-refractivity contribution in [2.24, 2.45) is 0 Å². The van der Waals surface area contributed by atoms with E-state index in [-0.39, 0.29) is 18.3 Å². The highest BCUT2D eigenvalue weighted by Crippen LogP contribution is 2.14. The first-order valence-corrected chi connectivity index (χ1v) is 5.40. The van der Waals surface area contributed by atoms with Crippen LogP contribution in [-0.2, 0) is 9.47 Å². The van der Waals surface area contributed by atoms with Gasteiger partial charge in [0.25, 0.3) is 0 Å². The fraction of sp³-hybridized carbons (Fsp3) is 0.417. The van der Waals surface area contributed by atoms with E-state index in [4.69, 9.17) is 9.47 Å². The summed E-state index contributed by atoms with van der Waals surface area (Å²) in [5, 5.41) is 0. The summed E-state index contributed by atoms with van der Waals surface area (Å²) in [4.78, 5) is 11.5. The molecule has 1 aliphatic heterocycles. The number of rotatable bonds is 3. The lowest BCUT2D eigenvalue weighted by molar-refractivity contribution is 0.0161. The normalized spacial score (nSPS) is 19.3. The second-order valence-electron chi connectivity index (χ2n) is 3.86. The predicted molar refractivity (Wildman–Crippen MR) is 55.6 cm³/mol. The predicted octanol–water partition coefficient (Wildman–Crippen LogP) is 2.30. The smallest absolute Gasteiger partial charge is 0.338 e. The fourth-order valence-electron chi connectivity index (χ4n) is 1.65. The molecule has 0 saturated carbocycles. The number of hydrogen-bond acceptors (Lipinski definition) is 3. The van der Waals surface area contributed by atoms with Gasteiger partial charge in [0, 0.05) is 6.61 Å². The van der Waals surface area contributed by atoms with Gasteiger partial charge in [-0.15, -0.1) is 0 Å². The summed E-state index contributed by atoms with van der Waals surface area (Å²) < 4.78 is 35.7. The van der Waals surface area contributed by atoms with Gasteiger partial charge >= 0.3 is 5.97 Å². The van der Waals surface area contributed by atoms with Crippen molar-refractivity contribution in [1.29, 1.82) is 0 Å². The molecule has 1 heterocycles. The zero-order chi connectivity index (χ0) is 12.3. The van der Waals surface area contributed by atoms with Gasteiger partial charge in [-0.3, -0.25) is 0 Å². The molecule has 5 heteroatoms. The Labute approximate surface area is 97.3 Å². The first kappa shape index (κ1) is 12.0. The van der Waals surface area contributed by atoms with Crippen LogP contribution in [0.3, 0.4) is 0 Å². The van der Waals surface area contributed by atoms with Crippen molar-refractivity contribution in [3.05, 3.63) is 35.4 Å². The van der Waals surface area contributed by atoms with Crippen LogP contribution in [0, 0.1) is 11.6 Å². The third-order valence-electron chi connectivity index (χ3n) is 2.58. The number of benzene rings is 1. The van der Waals surface area contributed by atoms with Crippen LogP contribution >= 0.6 is 0 Å². The molecular weight excluding hydrogens is 230 g/mol. The Kier molecular flexibility index (Phi) is 3.68. The molecule has 1 atom stereocenters. The first-order chi connectivity index (χ1) is 8.16. The Balaban J connectivity index is 1.92. The lowest BCUT2D eigenvalue weighted by Gasteiger charge is -2.10. The molecule has 2 rings (SSSR count). The summed E-state index contributed by atoms with van der Waals surface area (Å²) in [6.45, 7) is 0.825. The topological polar surface area (TPSA) is 35.5 Å².